The van der Waals surface area contributed by atoms with Gasteiger partial charge < -0.3 is 0 Å². The van der Waals surface area contributed by atoms with Crippen molar-refractivity contribution in [2.45, 2.75) is 57.7 Å². The van der Waals surface area contributed by atoms with E-state index in [1.807, 2.05) is 27.7 Å². The van der Waals surface area contributed by atoms with E-state index in [1.165, 1.54) is 13.8 Å². The second-order valence-corrected chi connectivity index (χ2v) is 8.77. The van der Waals surface area contributed by atoms with E-state index in [9.17, 15) is 12.8 Å². The highest BCUT2D eigenvalue weighted by Crippen LogP contribution is 2.48. The molecule has 0 amide bonds. The fraction of sp³-hybridized carbons (Fsp3) is 1.00. The molecule has 0 aromatic heterocycles. The molecule has 1 rings (SSSR count). The molecule has 1 aliphatic rings. The van der Waals surface area contributed by atoms with Crippen LogP contribution in [0.4, 0.5) is 4.39 Å². The van der Waals surface area contributed by atoms with E-state index in [-0.39, 0.29) is 17.8 Å². The zero-order valence-electron chi connectivity index (χ0n) is 11.0. The lowest BCUT2D eigenvalue weighted by Crippen LogP contribution is -2.37. The van der Waals surface area contributed by atoms with Crippen LogP contribution < -0.4 is 0 Å². The number of alkyl halides is 1. The molecule has 1 fully saturated rings. The standard InChI is InChI=1S/C12H23FO2S/c1-7(2)9-10(8(3)4)16(14,15)12(5,6)11(9)13/h7-11H,1-6H3. The van der Waals surface area contributed by atoms with E-state index in [0.717, 1.165) is 0 Å². The van der Waals surface area contributed by atoms with Crippen LogP contribution >= 0.6 is 0 Å². The van der Waals surface area contributed by atoms with Crippen molar-refractivity contribution < 1.29 is 12.8 Å². The van der Waals surface area contributed by atoms with Crippen LogP contribution in [0.2, 0.25) is 0 Å². The Kier molecular flexibility index (Phi) is 3.46. The van der Waals surface area contributed by atoms with Crippen LogP contribution in [0, 0.1) is 17.8 Å². The number of rotatable bonds is 2. The maximum atomic E-state index is 14.3. The molecule has 0 radical (unpaired) electrons. The van der Waals surface area contributed by atoms with Crippen LogP contribution in [0.1, 0.15) is 41.5 Å². The Morgan fingerprint density at radius 3 is 1.75 bits per heavy atom. The largest absolute Gasteiger partial charge is 0.245 e. The van der Waals surface area contributed by atoms with Crippen molar-refractivity contribution in [3.63, 3.8) is 0 Å². The molecule has 0 spiro atoms. The second kappa shape index (κ2) is 3.97. The van der Waals surface area contributed by atoms with E-state index < -0.39 is 26.0 Å². The van der Waals surface area contributed by atoms with Gasteiger partial charge in [0.2, 0.25) is 0 Å². The second-order valence-electron chi connectivity index (χ2n) is 6.08. The monoisotopic (exact) mass is 250 g/mol. The zero-order chi connectivity index (χ0) is 12.9. The van der Waals surface area contributed by atoms with Gasteiger partial charge in [-0.1, -0.05) is 27.7 Å². The number of hydrogen-bond acceptors (Lipinski definition) is 2. The molecule has 1 heterocycles. The minimum Gasteiger partial charge on any atom is -0.245 e. The maximum Gasteiger partial charge on any atom is 0.161 e. The van der Waals surface area contributed by atoms with Crippen LogP contribution in [0.25, 0.3) is 0 Å². The van der Waals surface area contributed by atoms with Crippen molar-refractivity contribution in [3.05, 3.63) is 0 Å². The van der Waals surface area contributed by atoms with Gasteiger partial charge in [-0.25, -0.2) is 12.8 Å². The Hall–Kier alpha value is -0.120. The normalized spacial score (nSPS) is 37.2. The van der Waals surface area contributed by atoms with Crippen LogP contribution in [0.15, 0.2) is 0 Å². The minimum absolute atomic E-state index is 0.0302. The van der Waals surface area contributed by atoms with Gasteiger partial charge in [0.05, 0.1) is 10.00 Å². The van der Waals surface area contributed by atoms with Gasteiger partial charge >= 0.3 is 0 Å². The van der Waals surface area contributed by atoms with Crippen LogP contribution in [-0.4, -0.2) is 24.6 Å². The Labute approximate surface area is 98.5 Å². The molecule has 0 N–H and O–H groups in total. The maximum absolute atomic E-state index is 14.3. The minimum atomic E-state index is -3.38. The van der Waals surface area contributed by atoms with Gasteiger partial charge in [-0.05, 0) is 25.7 Å². The number of halogens is 1. The highest BCUT2D eigenvalue weighted by molar-refractivity contribution is 7.93. The molecule has 0 bridgehead atoms. The summed E-state index contributed by atoms with van der Waals surface area (Å²) in [6.07, 6.45) is -1.26. The molecule has 4 heteroatoms. The third kappa shape index (κ3) is 1.69. The Bertz CT molecular complexity index is 357. The van der Waals surface area contributed by atoms with Gasteiger partial charge in [0.25, 0.3) is 0 Å². The topological polar surface area (TPSA) is 34.1 Å². The SMILES string of the molecule is CC(C)C1C(F)C(C)(C)S(=O)(=O)C1C(C)C. The molecule has 96 valence electrons. The summed E-state index contributed by atoms with van der Waals surface area (Å²) < 4.78 is 37.8. The summed E-state index contributed by atoms with van der Waals surface area (Å²) in [4.78, 5) is 0. The first-order valence-corrected chi connectivity index (χ1v) is 7.47. The molecule has 1 aliphatic heterocycles. The molecule has 3 atom stereocenters. The number of sulfone groups is 1. The lowest BCUT2D eigenvalue weighted by atomic mass is 9.80. The van der Waals surface area contributed by atoms with E-state index in [2.05, 4.69) is 0 Å². The molecule has 16 heavy (non-hydrogen) atoms. The molecule has 0 aliphatic carbocycles. The average molecular weight is 250 g/mol. The first kappa shape index (κ1) is 13.9. The van der Waals surface area contributed by atoms with Gasteiger partial charge in [-0.2, -0.15) is 0 Å². The predicted octanol–water partition coefficient (Wildman–Crippen LogP) is 2.83. The van der Waals surface area contributed by atoms with Gasteiger partial charge in [0.15, 0.2) is 9.84 Å². The van der Waals surface area contributed by atoms with E-state index in [1.54, 1.807) is 0 Å². The molecule has 3 unspecified atom stereocenters. The van der Waals surface area contributed by atoms with Gasteiger partial charge in [-0.15, -0.1) is 0 Å². The van der Waals surface area contributed by atoms with Crippen LogP contribution in [0.5, 0.6) is 0 Å². The third-order valence-corrected chi connectivity index (χ3v) is 7.17. The highest BCUT2D eigenvalue weighted by atomic mass is 32.2. The number of hydrogen-bond donors (Lipinski definition) is 0. The van der Waals surface area contributed by atoms with Gasteiger partial charge in [0, 0.05) is 5.92 Å². The van der Waals surface area contributed by atoms with Crippen molar-refractivity contribution in [2.24, 2.45) is 17.8 Å². The Balaban J connectivity index is 3.34. The summed E-state index contributed by atoms with van der Waals surface area (Å²) in [5.74, 6) is -0.351. The van der Waals surface area contributed by atoms with Crippen LogP contribution in [0.3, 0.4) is 0 Å². The fourth-order valence-corrected chi connectivity index (χ4v) is 5.62. The summed E-state index contributed by atoms with van der Waals surface area (Å²) in [7, 11) is -3.38. The summed E-state index contributed by atoms with van der Waals surface area (Å²) in [6.45, 7) is 10.6. The molecule has 0 aromatic rings. The van der Waals surface area contributed by atoms with Gasteiger partial charge in [0.1, 0.15) is 6.17 Å². The molecule has 0 aromatic carbocycles. The average Bonchev–Trinajstić information content (AvgIpc) is 2.22. The summed E-state index contributed by atoms with van der Waals surface area (Å²) in [5, 5.41) is -0.544. The summed E-state index contributed by atoms with van der Waals surface area (Å²) in [5.41, 5.74) is 0. The van der Waals surface area contributed by atoms with Crippen molar-refractivity contribution in [2.75, 3.05) is 0 Å². The Morgan fingerprint density at radius 2 is 1.50 bits per heavy atom. The quantitative estimate of drug-likeness (QED) is 0.755. The summed E-state index contributed by atoms with van der Waals surface area (Å²) >= 11 is 0. The van der Waals surface area contributed by atoms with Crippen molar-refractivity contribution >= 4 is 9.84 Å². The first-order chi connectivity index (χ1) is 7.05. The molecular formula is C12H23FO2S. The fourth-order valence-electron chi connectivity index (χ4n) is 2.86. The summed E-state index contributed by atoms with van der Waals surface area (Å²) in [6, 6.07) is 0. The van der Waals surface area contributed by atoms with Crippen molar-refractivity contribution in [3.8, 4) is 0 Å². The predicted molar refractivity (Wildman–Crippen MR) is 64.8 cm³/mol. The highest BCUT2D eigenvalue weighted by Gasteiger charge is 2.61. The lowest BCUT2D eigenvalue weighted by Gasteiger charge is -2.25. The smallest absolute Gasteiger partial charge is 0.161 e. The van der Waals surface area contributed by atoms with Crippen molar-refractivity contribution in [1.82, 2.24) is 0 Å². The molecular weight excluding hydrogens is 227 g/mol. The van der Waals surface area contributed by atoms with Gasteiger partial charge in [-0.3, -0.25) is 0 Å². The van der Waals surface area contributed by atoms with E-state index in [0.29, 0.717) is 0 Å². The lowest BCUT2D eigenvalue weighted by molar-refractivity contribution is 0.153. The van der Waals surface area contributed by atoms with E-state index >= 15 is 0 Å². The molecule has 2 nitrogen and oxygen atoms in total. The zero-order valence-corrected chi connectivity index (χ0v) is 11.8. The van der Waals surface area contributed by atoms with Crippen LogP contribution in [-0.2, 0) is 9.84 Å². The molecule has 1 saturated heterocycles. The molecule has 0 saturated carbocycles. The Morgan fingerprint density at radius 1 is 1.06 bits per heavy atom. The van der Waals surface area contributed by atoms with Crippen molar-refractivity contribution in [1.29, 1.82) is 0 Å². The van der Waals surface area contributed by atoms with E-state index in [4.69, 9.17) is 0 Å². The first-order valence-electron chi connectivity index (χ1n) is 5.92. The third-order valence-electron chi connectivity index (χ3n) is 3.90.